The largest absolute Gasteiger partial charge is 0.497 e. The first-order chi connectivity index (χ1) is 16.9. The van der Waals surface area contributed by atoms with Gasteiger partial charge in [0.1, 0.15) is 11.8 Å². The smallest absolute Gasteiger partial charge is 0.327 e. The minimum atomic E-state index is -3.45. The monoisotopic (exact) mass is 525 g/mol. The van der Waals surface area contributed by atoms with Gasteiger partial charge < -0.3 is 25.4 Å². The molecule has 0 heterocycles. The van der Waals surface area contributed by atoms with Crippen molar-refractivity contribution in [2.75, 3.05) is 18.6 Å². The third-order valence-electron chi connectivity index (χ3n) is 5.41. The first-order valence-corrected chi connectivity index (χ1v) is 12.2. The predicted octanol–water partition coefficient (Wildman–Crippen LogP) is 3.62. The predicted molar refractivity (Wildman–Crippen MR) is 131 cm³/mol. The summed E-state index contributed by atoms with van der Waals surface area (Å²) in [6.45, 7) is 1.17. The van der Waals surface area contributed by atoms with Crippen molar-refractivity contribution < 1.29 is 43.2 Å². The average Bonchev–Trinajstić information content (AvgIpc) is 2.82. The Morgan fingerprint density at radius 2 is 1.53 bits per heavy atom. The van der Waals surface area contributed by atoms with Crippen LogP contribution < -0.4 is 10.1 Å². The number of hydrogen-bond donors (Lipinski definition) is 4. The zero-order valence-electron chi connectivity index (χ0n) is 19.8. The summed E-state index contributed by atoms with van der Waals surface area (Å²) in [5.74, 6) is -7.71. The molecule has 196 valence electrons. The van der Waals surface area contributed by atoms with Gasteiger partial charge in [-0.25, -0.2) is 13.6 Å². The second-order valence-corrected chi connectivity index (χ2v) is 9.34. The number of hydrogen-bond acceptors (Lipinski definition) is 6. The van der Waals surface area contributed by atoms with Crippen molar-refractivity contribution in [1.29, 1.82) is 0 Å². The van der Waals surface area contributed by atoms with Crippen LogP contribution in [0.2, 0.25) is 0 Å². The number of carbonyl (C=O) groups is 3. The number of nitrogens with one attached hydrogen (secondary N) is 1. The molecule has 0 fully saturated rings. The van der Waals surface area contributed by atoms with Crippen LogP contribution in [0.15, 0.2) is 48.5 Å². The Labute approximate surface area is 211 Å². The van der Waals surface area contributed by atoms with Gasteiger partial charge >= 0.3 is 11.9 Å². The fourth-order valence-corrected chi connectivity index (χ4v) is 4.53. The van der Waals surface area contributed by atoms with E-state index in [0.717, 1.165) is 17.3 Å². The van der Waals surface area contributed by atoms with E-state index < -0.39 is 54.7 Å². The molecule has 11 heteroatoms. The number of halogens is 2. The van der Waals surface area contributed by atoms with E-state index in [0.29, 0.717) is 11.3 Å². The number of aliphatic carboxylic acids is 2. The van der Waals surface area contributed by atoms with Gasteiger partial charge in [-0.2, -0.15) is 11.8 Å². The van der Waals surface area contributed by atoms with Crippen LogP contribution >= 0.6 is 11.8 Å². The van der Waals surface area contributed by atoms with Crippen molar-refractivity contribution in [3.8, 4) is 16.9 Å². The molecule has 0 aliphatic heterocycles. The Kier molecular flexibility index (Phi) is 10.7. The Balaban J connectivity index is 1.99. The van der Waals surface area contributed by atoms with E-state index in [1.807, 2.05) is 0 Å². The maximum atomic E-state index is 14.9. The summed E-state index contributed by atoms with van der Waals surface area (Å²) in [6, 6.07) is 11.5. The van der Waals surface area contributed by atoms with Gasteiger partial charge in [-0.05, 0) is 29.7 Å². The number of carboxylic acids is 2. The number of alkyl halides is 2. The zero-order valence-corrected chi connectivity index (χ0v) is 20.6. The Hall–Kier alpha value is -3.18. The second-order valence-electron chi connectivity index (χ2n) is 8.27. The van der Waals surface area contributed by atoms with Gasteiger partial charge in [0.15, 0.2) is 0 Å². The summed E-state index contributed by atoms with van der Waals surface area (Å²) in [5, 5.41) is 31.0. The number of benzene rings is 2. The molecular formula is C25H29F2NO7S. The molecule has 3 atom stereocenters. The van der Waals surface area contributed by atoms with Gasteiger partial charge in [0.25, 0.3) is 5.92 Å². The molecule has 2 aromatic carbocycles. The maximum Gasteiger partial charge on any atom is 0.327 e. The fourth-order valence-electron chi connectivity index (χ4n) is 3.53. The van der Waals surface area contributed by atoms with Crippen LogP contribution in [-0.2, 0) is 20.3 Å². The Morgan fingerprint density at radius 1 is 0.972 bits per heavy atom. The third kappa shape index (κ3) is 8.80. The van der Waals surface area contributed by atoms with Gasteiger partial charge in [0.05, 0.1) is 19.1 Å². The van der Waals surface area contributed by atoms with Crippen molar-refractivity contribution in [2.24, 2.45) is 5.92 Å². The normalized spacial score (nSPS) is 13.9. The van der Waals surface area contributed by atoms with Crippen LogP contribution in [0.3, 0.4) is 0 Å². The van der Waals surface area contributed by atoms with Crippen molar-refractivity contribution in [3.05, 3.63) is 54.1 Å². The highest BCUT2D eigenvalue weighted by Gasteiger charge is 2.38. The summed E-state index contributed by atoms with van der Waals surface area (Å²) in [5.41, 5.74) is 1.17. The maximum absolute atomic E-state index is 14.9. The van der Waals surface area contributed by atoms with E-state index in [2.05, 4.69) is 5.32 Å². The van der Waals surface area contributed by atoms with Gasteiger partial charge in [-0.3, -0.25) is 9.59 Å². The number of aliphatic hydroxyl groups excluding tert-OH is 1. The summed E-state index contributed by atoms with van der Waals surface area (Å²) < 4.78 is 35.0. The van der Waals surface area contributed by atoms with E-state index in [-0.39, 0.29) is 17.1 Å². The molecule has 0 aliphatic carbocycles. The minimum Gasteiger partial charge on any atom is -0.497 e. The average molecular weight is 526 g/mol. The van der Waals surface area contributed by atoms with E-state index in [1.165, 1.54) is 38.3 Å². The molecule has 0 saturated heterocycles. The van der Waals surface area contributed by atoms with Crippen molar-refractivity contribution >= 4 is 29.6 Å². The number of rotatable bonds is 14. The number of ether oxygens (including phenoxy) is 1. The summed E-state index contributed by atoms with van der Waals surface area (Å²) in [6.07, 6.45) is -2.69. The molecule has 0 spiro atoms. The lowest BCUT2D eigenvalue weighted by atomic mass is 9.91. The number of thioether (sulfide) groups is 1. The zero-order chi connectivity index (χ0) is 26.9. The van der Waals surface area contributed by atoms with Gasteiger partial charge in [-0.1, -0.05) is 36.4 Å². The van der Waals surface area contributed by atoms with E-state index >= 15 is 0 Å². The van der Waals surface area contributed by atoms with Crippen molar-refractivity contribution in [2.45, 2.75) is 37.8 Å². The Morgan fingerprint density at radius 3 is 2.00 bits per heavy atom. The van der Waals surface area contributed by atoms with Crippen molar-refractivity contribution in [1.82, 2.24) is 5.32 Å². The number of carboxylic acid groups (broad SMARTS) is 2. The van der Waals surface area contributed by atoms with Crippen LogP contribution in [0.1, 0.15) is 25.3 Å². The molecule has 0 aliphatic rings. The lowest BCUT2D eigenvalue weighted by molar-refractivity contribution is -0.147. The van der Waals surface area contributed by atoms with Crippen LogP contribution in [0, 0.1) is 5.92 Å². The number of amides is 1. The molecule has 36 heavy (non-hydrogen) atoms. The molecule has 2 aromatic rings. The minimum absolute atomic E-state index is 0.0690. The molecule has 0 bridgehead atoms. The summed E-state index contributed by atoms with van der Waals surface area (Å²) in [7, 11) is 1.54. The molecule has 0 saturated carbocycles. The molecule has 4 N–H and O–H groups in total. The Bertz CT molecular complexity index is 1030. The van der Waals surface area contributed by atoms with Gasteiger partial charge in [-0.15, -0.1) is 0 Å². The van der Waals surface area contributed by atoms with Gasteiger partial charge in [0.2, 0.25) is 5.91 Å². The van der Waals surface area contributed by atoms with Crippen LogP contribution in [0.4, 0.5) is 8.78 Å². The topological polar surface area (TPSA) is 133 Å². The lowest BCUT2D eigenvalue weighted by Gasteiger charge is -2.23. The first-order valence-electron chi connectivity index (χ1n) is 11.0. The summed E-state index contributed by atoms with van der Waals surface area (Å²) in [4.78, 5) is 33.8. The fraction of sp³-hybridized carbons (Fsp3) is 0.400. The van der Waals surface area contributed by atoms with Crippen LogP contribution in [0.25, 0.3) is 11.1 Å². The number of carbonyl (C=O) groups excluding carboxylic acids is 1. The van der Waals surface area contributed by atoms with Gasteiger partial charge in [0, 0.05) is 30.4 Å². The number of aliphatic hydroxyl groups is 1. The highest BCUT2D eigenvalue weighted by atomic mass is 32.2. The highest BCUT2D eigenvalue weighted by Crippen LogP contribution is 2.37. The SMILES string of the molecule is COc1ccc(-c2ccc(C(F)(F)CC(CC(O)CSCC(NC(C)=O)C(=O)O)C(=O)O)cc2)cc1. The second kappa shape index (κ2) is 13.2. The molecular weight excluding hydrogens is 496 g/mol. The molecule has 0 radical (unpaired) electrons. The van der Waals surface area contributed by atoms with Crippen molar-refractivity contribution in [3.63, 3.8) is 0 Å². The molecule has 0 aromatic heterocycles. The molecule has 3 unspecified atom stereocenters. The van der Waals surface area contributed by atoms with Crippen LogP contribution in [-0.4, -0.2) is 63.9 Å². The molecule has 1 amide bonds. The molecule has 8 nitrogen and oxygen atoms in total. The highest BCUT2D eigenvalue weighted by molar-refractivity contribution is 7.99. The third-order valence-corrected chi connectivity index (χ3v) is 6.60. The lowest BCUT2D eigenvalue weighted by Crippen LogP contribution is -2.41. The van der Waals surface area contributed by atoms with E-state index in [9.17, 15) is 33.4 Å². The first kappa shape index (κ1) is 29.1. The van der Waals surface area contributed by atoms with E-state index in [4.69, 9.17) is 9.84 Å². The molecule has 2 rings (SSSR count). The number of methoxy groups -OCH3 is 1. The van der Waals surface area contributed by atoms with E-state index in [1.54, 1.807) is 24.3 Å². The quantitative estimate of drug-likeness (QED) is 0.294. The standard InChI is InChI=1S/C25H29F2NO7S/c1-15(29)28-22(24(33)34)14-36-13-20(30)11-18(23(31)32)12-25(26,27)19-7-3-16(4-8-19)17-5-9-21(35-2)10-6-17/h3-10,18,20,22,30H,11-14H2,1-2H3,(H,28,29)(H,31,32)(H,33,34). The van der Waals surface area contributed by atoms with Crippen LogP contribution in [0.5, 0.6) is 5.75 Å². The summed E-state index contributed by atoms with van der Waals surface area (Å²) >= 11 is 0.976.